The zero-order valence-corrected chi connectivity index (χ0v) is 6.42. The third kappa shape index (κ3) is 1.88. The first-order chi connectivity index (χ1) is 5.24. The van der Waals surface area contributed by atoms with Crippen molar-refractivity contribution in [1.29, 1.82) is 0 Å². The molecule has 2 nitrogen and oxygen atoms in total. The lowest BCUT2D eigenvalue weighted by Gasteiger charge is -1.96. The molecule has 11 heavy (non-hydrogen) atoms. The Morgan fingerprint density at radius 1 is 1.27 bits per heavy atom. The predicted molar refractivity (Wildman–Crippen MR) is 44.6 cm³/mol. The lowest BCUT2D eigenvalue weighted by molar-refractivity contribution is 0.474. The van der Waals surface area contributed by atoms with E-state index < -0.39 is 0 Å². The molecule has 0 radical (unpaired) electrons. The number of hydrogen-bond donors (Lipinski definition) is 2. The highest BCUT2D eigenvalue weighted by atomic mass is 35.5. The maximum atomic E-state index is 8.89. The fourth-order valence-electron chi connectivity index (χ4n) is 0.695. The van der Waals surface area contributed by atoms with Gasteiger partial charge in [0, 0.05) is 0 Å². The number of aliphatic hydroxyl groups is 1. The van der Waals surface area contributed by atoms with Crippen LogP contribution in [0.15, 0.2) is 30.5 Å². The number of halogens is 1. The van der Waals surface area contributed by atoms with Gasteiger partial charge in [-0.05, 0) is 29.8 Å². The summed E-state index contributed by atoms with van der Waals surface area (Å²) in [6.07, 6.45) is 0.813. The molecule has 0 aliphatic carbocycles. The van der Waals surface area contributed by atoms with Gasteiger partial charge in [0.25, 0.3) is 0 Å². The van der Waals surface area contributed by atoms with Crippen LogP contribution in [0.25, 0.3) is 5.03 Å². The zero-order valence-electron chi connectivity index (χ0n) is 5.66. The molecular weight excluding hydrogens is 164 g/mol. The SMILES string of the molecule is O/C=C(\Cl)c1ccc(O)cc1. The van der Waals surface area contributed by atoms with Gasteiger partial charge in [-0.15, -0.1) is 0 Å². The van der Waals surface area contributed by atoms with E-state index in [0.29, 0.717) is 5.56 Å². The Hall–Kier alpha value is -1.15. The molecular formula is C8H7ClO2. The van der Waals surface area contributed by atoms with Crippen molar-refractivity contribution in [3.8, 4) is 5.75 Å². The van der Waals surface area contributed by atoms with Crippen LogP contribution in [0, 0.1) is 0 Å². The Labute approximate surface area is 69.4 Å². The van der Waals surface area contributed by atoms with Gasteiger partial charge in [-0.1, -0.05) is 11.6 Å². The topological polar surface area (TPSA) is 40.5 Å². The number of benzene rings is 1. The summed E-state index contributed by atoms with van der Waals surface area (Å²) in [5.41, 5.74) is 0.673. The Morgan fingerprint density at radius 3 is 2.27 bits per heavy atom. The minimum atomic E-state index is 0.177. The molecule has 0 atom stereocenters. The van der Waals surface area contributed by atoms with E-state index in [1.807, 2.05) is 0 Å². The Balaban J connectivity index is 2.99. The van der Waals surface area contributed by atoms with Crippen LogP contribution >= 0.6 is 11.6 Å². The lowest BCUT2D eigenvalue weighted by atomic mass is 10.2. The van der Waals surface area contributed by atoms with Crippen LogP contribution in [-0.2, 0) is 0 Å². The second-order valence-electron chi connectivity index (χ2n) is 2.02. The van der Waals surface area contributed by atoms with Gasteiger partial charge >= 0.3 is 0 Å². The van der Waals surface area contributed by atoms with Gasteiger partial charge in [-0.3, -0.25) is 0 Å². The molecule has 1 aromatic carbocycles. The Bertz CT molecular complexity index is 264. The summed E-state index contributed by atoms with van der Waals surface area (Å²) in [7, 11) is 0. The molecule has 0 aliphatic heterocycles. The number of aromatic hydroxyl groups is 1. The quantitative estimate of drug-likeness (QED) is 0.636. The molecule has 0 heterocycles. The van der Waals surface area contributed by atoms with Crippen LogP contribution in [0.5, 0.6) is 5.75 Å². The number of hydrogen-bond acceptors (Lipinski definition) is 2. The van der Waals surface area contributed by atoms with E-state index in [1.54, 1.807) is 12.1 Å². The van der Waals surface area contributed by atoms with Crippen LogP contribution in [0.4, 0.5) is 0 Å². The minimum Gasteiger partial charge on any atom is -0.514 e. The molecule has 3 heteroatoms. The van der Waals surface area contributed by atoms with Crippen molar-refractivity contribution in [2.75, 3.05) is 0 Å². The molecule has 58 valence electrons. The van der Waals surface area contributed by atoms with E-state index >= 15 is 0 Å². The van der Waals surface area contributed by atoms with Gasteiger partial charge in [0.1, 0.15) is 5.75 Å². The van der Waals surface area contributed by atoms with Crippen molar-refractivity contribution in [3.05, 3.63) is 36.1 Å². The first-order valence-electron chi connectivity index (χ1n) is 3.03. The maximum Gasteiger partial charge on any atom is 0.115 e. The summed E-state index contributed by atoms with van der Waals surface area (Å²) in [6.45, 7) is 0. The Kier molecular flexibility index (Phi) is 2.39. The van der Waals surface area contributed by atoms with Crippen molar-refractivity contribution in [3.63, 3.8) is 0 Å². The first-order valence-corrected chi connectivity index (χ1v) is 3.41. The highest BCUT2D eigenvalue weighted by Gasteiger charge is 1.96. The molecule has 0 amide bonds. The Morgan fingerprint density at radius 2 is 1.82 bits per heavy atom. The third-order valence-corrected chi connectivity index (χ3v) is 1.57. The van der Waals surface area contributed by atoms with Crippen molar-refractivity contribution >= 4 is 16.6 Å². The lowest BCUT2D eigenvalue weighted by Crippen LogP contribution is -1.74. The second kappa shape index (κ2) is 3.30. The van der Waals surface area contributed by atoms with Gasteiger partial charge in [-0.25, -0.2) is 0 Å². The summed E-state index contributed by atoms with van der Waals surface area (Å²) in [4.78, 5) is 0. The molecule has 2 N–H and O–H groups in total. The van der Waals surface area contributed by atoms with E-state index in [4.69, 9.17) is 21.8 Å². The summed E-state index contributed by atoms with van der Waals surface area (Å²) in [6, 6.07) is 6.23. The molecule has 0 aromatic heterocycles. The van der Waals surface area contributed by atoms with Crippen LogP contribution < -0.4 is 0 Å². The largest absolute Gasteiger partial charge is 0.514 e. The minimum absolute atomic E-state index is 0.177. The molecule has 0 saturated carbocycles. The monoisotopic (exact) mass is 170 g/mol. The normalized spacial score (nSPS) is 11.5. The molecule has 0 unspecified atom stereocenters. The summed E-state index contributed by atoms with van der Waals surface area (Å²) < 4.78 is 0. The van der Waals surface area contributed by atoms with E-state index in [2.05, 4.69) is 0 Å². The maximum absolute atomic E-state index is 8.89. The van der Waals surface area contributed by atoms with E-state index in [-0.39, 0.29) is 10.8 Å². The fourth-order valence-corrected chi connectivity index (χ4v) is 0.821. The molecule has 0 fully saturated rings. The van der Waals surface area contributed by atoms with E-state index in [9.17, 15) is 0 Å². The predicted octanol–water partition coefficient (Wildman–Crippen LogP) is 2.49. The average molecular weight is 171 g/mol. The highest BCUT2D eigenvalue weighted by Crippen LogP contribution is 2.19. The molecule has 0 saturated heterocycles. The molecule has 0 spiro atoms. The van der Waals surface area contributed by atoms with E-state index in [0.717, 1.165) is 6.26 Å². The molecule has 0 aliphatic rings. The van der Waals surface area contributed by atoms with Crippen molar-refractivity contribution in [2.45, 2.75) is 0 Å². The summed E-state index contributed by atoms with van der Waals surface area (Å²) in [5.74, 6) is 0.177. The van der Waals surface area contributed by atoms with Gasteiger partial charge < -0.3 is 10.2 Å². The number of phenolic OH excluding ortho intramolecular Hbond substituents is 1. The van der Waals surface area contributed by atoms with Crippen molar-refractivity contribution in [2.24, 2.45) is 0 Å². The van der Waals surface area contributed by atoms with Crippen LogP contribution in [0.1, 0.15) is 5.56 Å². The number of rotatable bonds is 1. The second-order valence-corrected chi connectivity index (χ2v) is 2.43. The number of aliphatic hydroxyl groups excluding tert-OH is 1. The van der Waals surface area contributed by atoms with Gasteiger partial charge in [-0.2, -0.15) is 0 Å². The average Bonchev–Trinajstić information content (AvgIpc) is 2.05. The third-order valence-electron chi connectivity index (χ3n) is 1.26. The summed E-state index contributed by atoms with van der Waals surface area (Å²) >= 11 is 5.57. The van der Waals surface area contributed by atoms with Gasteiger partial charge in [0.15, 0.2) is 0 Å². The molecule has 1 aromatic rings. The number of phenols is 1. The van der Waals surface area contributed by atoms with Gasteiger partial charge in [0.2, 0.25) is 0 Å². The van der Waals surface area contributed by atoms with E-state index in [1.165, 1.54) is 12.1 Å². The van der Waals surface area contributed by atoms with Crippen LogP contribution in [0.3, 0.4) is 0 Å². The molecule has 1 rings (SSSR count). The zero-order chi connectivity index (χ0) is 8.27. The van der Waals surface area contributed by atoms with Crippen molar-refractivity contribution in [1.82, 2.24) is 0 Å². The van der Waals surface area contributed by atoms with Gasteiger partial charge in [0.05, 0.1) is 11.3 Å². The molecule has 0 bridgehead atoms. The highest BCUT2D eigenvalue weighted by molar-refractivity contribution is 6.48. The fraction of sp³-hybridized carbons (Fsp3) is 0. The summed E-state index contributed by atoms with van der Waals surface area (Å²) in [5, 5.41) is 17.6. The van der Waals surface area contributed by atoms with Crippen molar-refractivity contribution < 1.29 is 10.2 Å². The van der Waals surface area contributed by atoms with Crippen LogP contribution in [0.2, 0.25) is 0 Å². The standard InChI is InChI=1S/C8H7ClO2/c9-8(5-10)6-1-3-7(11)4-2-6/h1-5,10-11H/b8-5-. The van der Waals surface area contributed by atoms with Crippen LogP contribution in [-0.4, -0.2) is 10.2 Å². The first kappa shape index (κ1) is 7.95. The smallest absolute Gasteiger partial charge is 0.115 e.